The Labute approximate surface area is 177 Å². The summed E-state index contributed by atoms with van der Waals surface area (Å²) in [4.78, 5) is 24.3. The Morgan fingerprint density at radius 1 is 0.793 bits per heavy atom. The molecule has 0 saturated heterocycles. The summed E-state index contributed by atoms with van der Waals surface area (Å²) >= 11 is 3.34. The highest BCUT2D eigenvalue weighted by Gasteiger charge is 2.07. The molecule has 2 N–H and O–H groups in total. The Kier molecular flexibility index (Phi) is 7.08. The van der Waals surface area contributed by atoms with E-state index in [-0.39, 0.29) is 11.8 Å². The number of rotatable bonds is 6. The van der Waals surface area contributed by atoms with Crippen LogP contribution in [0.4, 0.5) is 5.69 Å². The van der Waals surface area contributed by atoms with Gasteiger partial charge in [0, 0.05) is 27.5 Å². The van der Waals surface area contributed by atoms with Crippen molar-refractivity contribution in [2.24, 2.45) is 5.10 Å². The number of anilines is 1. The minimum absolute atomic E-state index is 0.218. The van der Waals surface area contributed by atoms with E-state index < -0.39 is 0 Å². The molecule has 29 heavy (non-hydrogen) atoms. The predicted molar refractivity (Wildman–Crippen MR) is 120 cm³/mol. The maximum Gasteiger partial charge on any atom is 0.271 e. The summed E-state index contributed by atoms with van der Waals surface area (Å²) in [6.45, 7) is 0. The van der Waals surface area contributed by atoms with Crippen molar-refractivity contribution in [2.75, 3.05) is 5.32 Å². The fourth-order valence-corrected chi connectivity index (χ4v) is 2.70. The smallest absolute Gasteiger partial charge is 0.271 e. The molecule has 3 rings (SSSR count). The number of hydrogen-bond donors (Lipinski definition) is 2. The molecular weight excluding hydrogens is 430 g/mol. The lowest BCUT2D eigenvalue weighted by Crippen LogP contribution is -2.17. The summed E-state index contributed by atoms with van der Waals surface area (Å²) in [6.07, 6.45) is 5.15. The molecule has 0 aromatic heterocycles. The van der Waals surface area contributed by atoms with Gasteiger partial charge in [-0.25, -0.2) is 5.43 Å². The molecule has 0 atom stereocenters. The van der Waals surface area contributed by atoms with Crippen molar-refractivity contribution in [3.8, 4) is 0 Å². The third-order valence-corrected chi connectivity index (χ3v) is 4.45. The van der Waals surface area contributed by atoms with Gasteiger partial charge in [0.05, 0.1) is 0 Å². The molecule has 0 aliphatic carbocycles. The van der Waals surface area contributed by atoms with Gasteiger partial charge in [0.25, 0.3) is 11.8 Å². The van der Waals surface area contributed by atoms with Gasteiger partial charge in [-0.05, 0) is 60.2 Å². The Bertz CT molecular complexity index is 1030. The quantitative estimate of drug-likeness (QED) is 0.406. The molecule has 0 fully saturated rings. The summed E-state index contributed by atoms with van der Waals surface area (Å²) in [5.41, 5.74) is 5.10. The molecular formula is C23H18BrN3O2. The zero-order valence-electron chi connectivity index (χ0n) is 15.4. The number of benzene rings is 3. The lowest BCUT2D eigenvalue weighted by Gasteiger charge is -2.06. The maximum absolute atomic E-state index is 12.2. The number of allylic oxidation sites excluding steroid dienone is 1. The van der Waals surface area contributed by atoms with Crippen LogP contribution in [0.5, 0.6) is 0 Å². The molecule has 0 aliphatic heterocycles. The number of hydrogen-bond acceptors (Lipinski definition) is 3. The Morgan fingerprint density at radius 2 is 1.41 bits per heavy atom. The third-order valence-electron chi connectivity index (χ3n) is 3.93. The summed E-state index contributed by atoms with van der Waals surface area (Å²) in [5.74, 6) is -0.551. The highest BCUT2D eigenvalue weighted by molar-refractivity contribution is 9.10. The number of hydrazone groups is 1. The van der Waals surface area contributed by atoms with Crippen LogP contribution in [0.25, 0.3) is 6.08 Å². The molecule has 0 saturated carbocycles. The average molecular weight is 448 g/mol. The lowest BCUT2D eigenvalue weighted by atomic mass is 10.1. The van der Waals surface area contributed by atoms with E-state index in [2.05, 4.69) is 31.8 Å². The van der Waals surface area contributed by atoms with E-state index in [9.17, 15) is 9.59 Å². The van der Waals surface area contributed by atoms with Gasteiger partial charge in [-0.1, -0.05) is 52.3 Å². The van der Waals surface area contributed by atoms with Crippen LogP contribution in [0.1, 0.15) is 26.3 Å². The van der Waals surface area contributed by atoms with Crippen LogP contribution >= 0.6 is 15.9 Å². The van der Waals surface area contributed by atoms with Crippen molar-refractivity contribution < 1.29 is 9.59 Å². The van der Waals surface area contributed by atoms with Crippen molar-refractivity contribution in [1.82, 2.24) is 5.43 Å². The number of nitrogens with zero attached hydrogens (tertiary/aromatic N) is 1. The SMILES string of the molecule is O=C(N/N=C\C=C\c1ccccc1)c1ccc(NC(=O)c2ccc(Br)cc2)cc1. The molecule has 144 valence electrons. The van der Waals surface area contributed by atoms with Gasteiger partial charge in [0.1, 0.15) is 0 Å². The highest BCUT2D eigenvalue weighted by Crippen LogP contribution is 2.14. The normalized spacial score (nSPS) is 10.9. The van der Waals surface area contributed by atoms with E-state index in [1.165, 1.54) is 6.21 Å². The molecule has 0 unspecified atom stereocenters. The number of carbonyl (C=O) groups excluding carboxylic acids is 2. The van der Waals surface area contributed by atoms with Crippen LogP contribution in [0.15, 0.2) is 94.5 Å². The van der Waals surface area contributed by atoms with E-state index in [0.29, 0.717) is 16.8 Å². The molecule has 6 heteroatoms. The van der Waals surface area contributed by atoms with Crippen molar-refractivity contribution in [3.63, 3.8) is 0 Å². The highest BCUT2D eigenvalue weighted by atomic mass is 79.9. The summed E-state index contributed by atoms with van der Waals surface area (Å²) < 4.78 is 0.905. The molecule has 2 amide bonds. The number of nitrogens with one attached hydrogen (secondary N) is 2. The molecule has 0 heterocycles. The van der Waals surface area contributed by atoms with Gasteiger partial charge in [-0.15, -0.1) is 0 Å². The van der Waals surface area contributed by atoms with Gasteiger partial charge in [0.15, 0.2) is 0 Å². The Morgan fingerprint density at radius 3 is 2.10 bits per heavy atom. The second-order valence-corrected chi connectivity index (χ2v) is 6.94. The van der Waals surface area contributed by atoms with Crippen LogP contribution in [0, 0.1) is 0 Å². The second-order valence-electron chi connectivity index (χ2n) is 6.03. The number of amides is 2. The molecule has 0 radical (unpaired) electrons. The monoisotopic (exact) mass is 447 g/mol. The van der Waals surface area contributed by atoms with Crippen molar-refractivity contribution in [3.05, 3.63) is 106 Å². The second kappa shape index (κ2) is 10.1. The molecule has 5 nitrogen and oxygen atoms in total. The van der Waals surface area contributed by atoms with Crippen LogP contribution in [-0.2, 0) is 0 Å². The summed E-state index contributed by atoms with van der Waals surface area (Å²) in [6, 6.07) is 23.4. The van der Waals surface area contributed by atoms with Gasteiger partial charge >= 0.3 is 0 Å². The molecule has 3 aromatic carbocycles. The van der Waals surface area contributed by atoms with E-state index in [0.717, 1.165) is 10.0 Å². The van der Waals surface area contributed by atoms with Gasteiger partial charge in [-0.3, -0.25) is 9.59 Å². The zero-order chi connectivity index (χ0) is 20.5. The van der Waals surface area contributed by atoms with E-state index in [1.54, 1.807) is 54.6 Å². The largest absolute Gasteiger partial charge is 0.322 e. The zero-order valence-corrected chi connectivity index (χ0v) is 17.0. The van der Waals surface area contributed by atoms with Crippen LogP contribution < -0.4 is 10.7 Å². The first-order chi connectivity index (χ1) is 14.1. The fourth-order valence-electron chi connectivity index (χ4n) is 2.43. The Balaban J connectivity index is 1.52. The van der Waals surface area contributed by atoms with Crippen molar-refractivity contribution >= 4 is 45.7 Å². The summed E-state index contributed by atoms with van der Waals surface area (Å²) in [5, 5.41) is 6.69. The number of halogens is 1. The predicted octanol–water partition coefficient (Wildman–Crippen LogP) is 5.13. The van der Waals surface area contributed by atoms with Crippen molar-refractivity contribution in [1.29, 1.82) is 0 Å². The van der Waals surface area contributed by atoms with E-state index in [4.69, 9.17) is 0 Å². The molecule has 0 bridgehead atoms. The first-order valence-corrected chi connectivity index (χ1v) is 9.63. The van der Waals surface area contributed by atoms with Crippen molar-refractivity contribution in [2.45, 2.75) is 0 Å². The maximum atomic E-state index is 12.2. The first-order valence-electron chi connectivity index (χ1n) is 8.84. The number of carbonyl (C=O) groups is 2. The molecule has 0 aliphatic rings. The lowest BCUT2D eigenvalue weighted by molar-refractivity contribution is 0.0954. The molecule has 3 aromatic rings. The molecule has 0 spiro atoms. The average Bonchev–Trinajstić information content (AvgIpc) is 2.75. The first kappa shape index (κ1) is 20.2. The summed E-state index contributed by atoms with van der Waals surface area (Å²) in [7, 11) is 0. The van der Waals surface area contributed by atoms with E-state index >= 15 is 0 Å². The third kappa shape index (κ3) is 6.26. The van der Waals surface area contributed by atoms with Gasteiger partial charge in [0.2, 0.25) is 0 Å². The van der Waals surface area contributed by atoms with E-state index in [1.807, 2.05) is 36.4 Å². The minimum Gasteiger partial charge on any atom is -0.322 e. The van der Waals surface area contributed by atoms with Crippen LogP contribution in [0.3, 0.4) is 0 Å². The van der Waals surface area contributed by atoms with Crippen LogP contribution in [0.2, 0.25) is 0 Å². The van der Waals surface area contributed by atoms with Crippen LogP contribution in [-0.4, -0.2) is 18.0 Å². The van der Waals surface area contributed by atoms with Gasteiger partial charge < -0.3 is 5.32 Å². The van der Waals surface area contributed by atoms with Gasteiger partial charge in [-0.2, -0.15) is 5.10 Å². The Hall–Kier alpha value is -3.51. The topological polar surface area (TPSA) is 70.6 Å². The standard InChI is InChI=1S/C23H18BrN3O2/c24-20-12-8-18(9-13-20)22(28)26-21-14-10-19(11-15-21)23(29)27-25-16-4-7-17-5-2-1-3-6-17/h1-16H,(H,26,28)(H,27,29)/b7-4+,25-16-. The minimum atomic E-state index is -0.333. The fraction of sp³-hybridized carbons (Fsp3) is 0.